The summed E-state index contributed by atoms with van der Waals surface area (Å²) in [4.78, 5) is 25.4. The fourth-order valence-electron chi connectivity index (χ4n) is 2.87. The number of carbonyl (C=O) groups excluding carboxylic acids is 2. The van der Waals surface area contributed by atoms with Gasteiger partial charge in [0.05, 0.1) is 18.4 Å². The van der Waals surface area contributed by atoms with Gasteiger partial charge < -0.3 is 5.32 Å². The van der Waals surface area contributed by atoms with Crippen LogP contribution in [0.5, 0.6) is 0 Å². The van der Waals surface area contributed by atoms with Gasteiger partial charge in [-0.2, -0.15) is 18.3 Å². The van der Waals surface area contributed by atoms with Gasteiger partial charge in [-0.1, -0.05) is 5.21 Å². The van der Waals surface area contributed by atoms with Crippen molar-refractivity contribution >= 4 is 11.9 Å². The number of imide groups is 1. The molecular formula is C15H18F3N7O2. The van der Waals surface area contributed by atoms with Gasteiger partial charge in [-0.15, -0.1) is 5.10 Å². The number of aryl methyl sites for hydroxylation is 1. The predicted octanol–water partition coefficient (Wildman–Crippen LogP) is 1.27. The molecule has 2 aromatic heterocycles. The SMILES string of the molecule is CC(C)n1cc(C[C@H]2NC(=O)N(Cc3cnn(C)c3C(F)(F)F)C2=O)nn1. The zero-order valence-electron chi connectivity index (χ0n) is 14.9. The van der Waals surface area contributed by atoms with Crippen molar-refractivity contribution in [3.05, 3.63) is 29.3 Å². The Balaban J connectivity index is 1.75. The lowest BCUT2D eigenvalue weighted by Crippen LogP contribution is -2.32. The second kappa shape index (κ2) is 6.67. The van der Waals surface area contributed by atoms with Crippen molar-refractivity contribution in [2.24, 2.45) is 7.05 Å². The quantitative estimate of drug-likeness (QED) is 0.782. The highest BCUT2D eigenvalue weighted by Crippen LogP contribution is 2.32. The van der Waals surface area contributed by atoms with Gasteiger partial charge in [0.15, 0.2) is 0 Å². The smallest absolute Gasteiger partial charge is 0.325 e. The molecule has 1 N–H and O–H groups in total. The molecule has 1 aliphatic heterocycles. The van der Waals surface area contributed by atoms with E-state index in [1.165, 1.54) is 0 Å². The number of aromatic nitrogens is 5. The lowest BCUT2D eigenvalue weighted by molar-refractivity contribution is -0.145. The van der Waals surface area contributed by atoms with Gasteiger partial charge in [-0.05, 0) is 13.8 Å². The van der Waals surface area contributed by atoms with Crippen LogP contribution in [0.4, 0.5) is 18.0 Å². The van der Waals surface area contributed by atoms with Crippen LogP contribution in [-0.2, 0) is 31.0 Å². The van der Waals surface area contributed by atoms with Crippen LogP contribution < -0.4 is 5.32 Å². The van der Waals surface area contributed by atoms with Crippen LogP contribution in [0.25, 0.3) is 0 Å². The summed E-state index contributed by atoms with van der Waals surface area (Å²) in [5, 5.41) is 13.9. The molecule has 0 unspecified atom stereocenters. The molecule has 9 nitrogen and oxygen atoms in total. The van der Waals surface area contributed by atoms with Crippen molar-refractivity contribution in [2.45, 2.75) is 45.1 Å². The molecule has 0 aliphatic carbocycles. The number of carbonyl (C=O) groups is 2. The van der Waals surface area contributed by atoms with E-state index in [1.807, 2.05) is 13.8 Å². The van der Waals surface area contributed by atoms with E-state index in [4.69, 9.17) is 0 Å². The van der Waals surface area contributed by atoms with Crippen LogP contribution in [0, 0.1) is 0 Å². The third-order valence-electron chi connectivity index (χ3n) is 4.22. The van der Waals surface area contributed by atoms with Crippen LogP contribution >= 0.6 is 0 Å². The number of halogens is 3. The van der Waals surface area contributed by atoms with E-state index in [0.29, 0.717) is 10.4 Å². The molecule has 1 saturated heterocycles. The van der Waals surface area contributed by atoms with Gasteiger partial charge in [0.1, 0.15) is 11.7 Å². The molecule has 0 bridgehead atoms. The molecule has 0 saturated carbocycles. The number of nitrogens with one attached hydrogen (secondary N) is 1. The van der Waals surface area contributed by atoms with E-state index in [1.54, 1.807) is 10.9 Å². The fourth-order valence-corrected chi connectivity index (χ4v) is 2.87. The van der Waals surface area contributed by atoms with E-state index in [2.05, 4.69) is 20.7 Å². The monoisotopic (exact) mass is 385 g/mol. The molecule has 1 aliphatic rings. The minimum Gasteiger partial charge on any atom is -0.325 e. The van der Waals surface area contributed by atoms with Crippen molar-refractivity contribution in [1.29, 1.82) is 0 Å². The Bertz CT molecular complexity index is 871. The van der Waals surface area contributed by atoms with Crippen LogP contribution in [0.1, 0.15) is 36.8 Å². The average molecular weight is 385 g/mol. The summed E-state index contributed by atoms with van der Waals surface area (Å²) in [6.45, 7) is 3.31. The van der Waals surface area contributed by atoms with Gasteiger partial charge in [0.2, 0.25) is 0 Å². The second-order valence-electron chi connectivity index (χ2n) is 6.55. The summed E-state index contributed by atoms with van der Waals surface area (Å²) in [7, 11) is 1.15. The Morgan fingerprint density at radius 2 is 2.00 bits per heavy atom. The first-order chi connectivity index (χ1) is 12.6. The number of nitrogens with zero attached hydrogens (tertiary/aromatic N) is 6. The van der Waals surface area contributed by atoms with Gasteiger partial charge in [0, 0.05) is 31.3 Å². The minimum absolute atomic E-state index is 0.0861. The van der Waals surface area contributed by atoms with Gasteiger partial charge in [-0.25, -0.2) is 9.48 Å². The third-order valence-corrected chi connectivity index (χ3v) is 4.22. The summed E-state index contributed by atoms with van der Waals surface area (Å²) in [6.07, 6.45) is -1.87. The van der Waals surface area contributed by atoms with Crippen molar-refractivity contribution in [3.63, 3.8) is 0 Å². The highest BCUT2D eigenvalue weighted by atomic mass is 19.4. The maximum absolute atomic E-state index is 13.2. The zero-order valence-corrected chi connectivity index (χ0v) is 14.9. The van der Waals surface area contributed by atoms with E-state index >= 15 is 0 Å². The van der Waals surface area contributed by atoms with Crippen LogP contribution in [0.15, 0.2) is 12.4 Å². The van der Waals surface area contributed by atoms with E-state index in [0.717, 1.165) is 18.1 Å². The largest absolute Gasteiger partial charge is 0.433 e. The molecule has 0 aromatic carbocycles. The number of urea groups is 1. The molecule has 1 atom stereocenters. The first-order valence-corrected chi connectivity index (χ1v) is 8.18. The Morgan fingerprint density at radius 1 is 1.30 bits per heavy atom. The molecule has 3 amide bonds. The number of rotatable bonds is 5. The summed E-state index contributed by atoms with van der Waals surface area (Å²) in [5.74, 6) is -0.615. The Hall–Kier alpha value is -2.92. The lowest BCUT2D eigenvalue weighted by Gasteiger charge is -2.15. The van der Waals surface area contributed by atoms with Crippen molar-refractivity contribution < 1.29 is 22.8 Å². The van der Waals surface area contributed by atoms with Crippen LogP contribution in [0.3, 0.4) is 0 Å². The van der Waals surface area contributed by atoms with Gasteiger partial charge in [-0.3, -0.25) is 14.4 Å². The van der Waals surface area contributed by atoms with Crippen LogP contribution in [0.2, 0.25) is 0 Å². The molecule has 146 valence electrons. The predicted molar refractivity (Wildman–Crippen MR) is 85.2 cm³/mol. The molecule has 12 heteroatoms. The maximum atomic E-state index is 13.2. The third kappa shape index (κ3) is 3.64. The topological polar surface area (TPSA) is 97.9 Å². The summed E-state index contributed by atoms with van der Waals surface area (Å²) >= 11 is 0. The van der Waals surface area contributed by atoms with Crippen LogP contribution in [-0.4, -0.2) is 47.7 Å². The lowest BCUT2D eigenvalue weighted by atomic mass is 10.1. The number of hydrogen-bond acceptors (Lipinski definition) is 5. The molecule has 0 spiro atoms. The van der Waals surface area contributed by atoms with Gasteiger partial charge in [0.25, 0.3) is 5.91 Å². The normalized spacial score (nSPS) is 17.9. The summed E-state index contributed by atoms with van der Waals surface area (Å²) in [5.41, 5.74) is -0.743. The van der Waals surface area contributed by atoms with E-state index in [9.17, 15) is 22.8 Å². The molecule has 1 fully saturated rings. The van der Waals surface area contributed by atoms with E-state index in [-0.39, 0.29) is 18.0 Å². The highest BCUT2D eigenvalue weighted by Gasteiger charge is 2.42. The second-order valence-corrected chi connectivity index (χ2v) is 6.55. The first-order valence-electron chi connectivity index (χ1n) is 8.18. The molecule has 3 rings (SSSR count). The highest BCUT2D eigenvalue weighted by molar-refractivity contribution is 6.04. The van der Waals surface area contributed by atoms with E-state index < -0.39 is 36.4 Å². The number of hydrogen-bond donors (Lipinski definition) is 1. The van der Waals surface area contributed by atoms with Crippen molar-refractivity contribution in [2.75, 3.05) is 0 Å². The van der Waals surface area contributed by atoms with Crippen molar-refractivity contribution in [1.82, 2.24) is 35.0 Å². The Morgan fingerprint density at radius 3 is 2.59 bits per heavy atom. The fraction of sp³-hybridized carbons (Fsp3) is 0.533. The number of alkyl halides is 3. The molecule has 0 radical (unpaired) electrons. The van der Waals surface area contributed by atoms with Crippen molar-refractivity contribution in [3.8, 4) is 0 Å². The Kier molecular flexibility index (Phi) is 4.66. The standard InChI is InChI=1S/C15H18F3N7O2/c1-8(2)25-7-10(21-22-25)4-11-13(26)24(14(27)20-11)6-9-5-19-23(3)12(9)15(16,17)18/h5,7-8,11H,4,6H2,1-3H3,(H,20,27)/t11-/m1/s1. The molecule has 3 heterocycles. The maximum Gasteiger partial charge on any atom is 0.433 e. The number of amides is 3. The minimum atomic E-state index is -4.64. The molecule has 2 aromatic rings. The molecular weight excluding hydrogens is 367 g/mol. The first kappa shape index (κ1) is 18.9. The zero-order chi connectivity index (χ0) is 19.9. The molecule has 27 heavy (non-hydrogen) atoms. The summed E-state index contributed by atoms with van der Waals surface area (Å²) in [6, 6.07) is -1.57. The Labute approximate surface area is 152 Å². The van der Waals surface area contributed by atoms with Gasteiger partial charge >= 0.3 is 12.2 Å². The summed E-state index contributed by atoms with van der Waals surface area (Å²) < 4.78 is 41.8. The average Bonchev–Trinajstić information content (AvgIpc) is 3.22.